The van der Waals surface area contributed by atoms with E-state index in [1.54, 1.807) is 0 Å². The first-order chi connectivity index (χ1) is 6.31. The van der Waals surface area contributed by atoms with Gasteiger partial charge in [0.25, 0.3) is 0 Å². The van der Waals surface area contributed by atoms with Crippen molar-refractivity contribution in [3.05, 3.63) is 0 Å². The molecule has 0 radical (unpaired) electrons. The molecule has 0 bridgehead atoms. The number of amides is 1. The van der Waals surface area contributed by atoms with Crippen LogP contribution in [-0.2, 0) is 9.63 Å². The van der Waals surface area contributed by atoms with Crippen molar-refractivity contribution < 1.29 is 9.63 Å². The van der Waals surface area contributed by atoms with E-state index in [0.717, 1.165) is 12.8 Å². The second-order valence-electron chi connectivity index (χ2n) is 3.12. The van der Waals surface area contributed by atoms with Gasteiger partial charge in [0.2, 0.25) is 5.91 Å². The second-order valence-corrected chi connectivity index (χ2v) is 3.12. The highest BCUT2D eigenvalue weighted by molar-refractivity contribution is 5.74. The largest absolute Gasteiger partial charge is 0.274 e. The Labute approximate surface area is 80.8 Å². The fraction of sp³-hybridized carbons (Fsp3) is 0.900. The van der Waals surface area contributed by atoms with Crippen molar-refractivity contribution in [2.24, 2.45) is 0 Å². The number of nitrogens with one attached hydrogen (secondary N) is 1. The molecular weight excluding hydrogens is 166 g/mol. The molecule has 0 aromatic carbocycles. The third kappa shape index (κ3) is 9.34. The van der Waals surface area contributed by atoms with Crippen LogP contribution in [-0.4, -0.2) is 12.5 Å². The molecule has 0 unspecified atom stereocenters. The van der Waals surface area contributed by atoms with Gasteiger partial charge in [-0.1, -0.05) is 32.6 Å². The molecule has 1 amide bonds. The van der Waals surface area contributed by atoms with E-state index in [4.69, 9.17) is 4.84 Å². The standard InChI is InChI=1S/C10H21NO2/c1-3-5-6-7-8-9-10(12)11-13-4-2/h3-9H2,1-2H3,(H,11,12). The van der Waals surface area contributed by atoms with E-state index in [0.29, 0.717) is 13.0 Å². The number of carbonyl (C=O) groups excluding carboxylic acids is 1. The molecule has 0 fully saturated rings. The fourth-order valence-corrected chi connectivity index (χ4v) is 1.09. The van der Waals surface area contributed by atoms with Gasteiger partial charge in [-0.25, -0.2) is 5.48 Å². The topological polar surface area (TPSA) is 38.3 Å². The molecule has 0 aromatic rings. The van der Waals surface area contributed by atoms with Crippen LogP contribution in [0, 0.1) is 0 Å². The Morgan fingerprint density at radius 3 is 2.46 bits per heavy atom. The van der Waals surface area contributed by atoms with Gasteiger partial charge in [0.15, 0.2) is 0 Å². The predicted octanol–water partition coefficient (Wildman–Crippen LogP) is 2.41. The highest BCUT2D eigenvalue weighted by Gasteiger charge is 1.99. The number of hydrogen-bond donors (Lipinski definition) is 1. The summed E-state index contributed by atoms with van der Waals surface area (Å²) in [5, 5.41) is 0. The quantitative estimate of drug-likeness (QED) is 0.468. The number of hydroxylamine groups is 1. The third-order valence-electron chi connectivity index (χ3n) is 1.84. The van der Waals surface area contributed by atoms with Crippen LogP contribution in [0.15, 0.2) is 0 Å². The Morgan fingerprint density at radius 2 is 1.85 bits per heavy atom. The molecule has 0 saturated carbocycles. The summed E-state index contributed by atoms with van der Waals surface area (Å²) in [4.78, 5) is 15.8. The van der Waals surface area contributed by atoms with Crippen molar-refractivity contribution in [2.75, 3.05) is 6.61 Å². The van der Waals surface area contributed by atoms with Crippen molar-refractivity contribution in [2.45, 2.75) is 52.4 Å². The second kappa shape index (κ2) is 9.52. The Hall–Kier alpha value is -0.570. The first-order valence-corrected chi connectivity index (χ1v) is 5.21. The molecule has 13 heavy (non-hydrogen) atoms. The zero-order chi connectivity index (χ0) is 9.94. The normalized spacial score (nSPS) is 10.0. The number of carbonyl (C=O) groups is 1. The van der Waals surface area contributed by atoms with Gasteiger partial charge in [0, 0.05) is 6.42 Å². The first kappa shape index (κ1) is 12.4. The monoisotopic (exact) mass is 187 g/mol. The predicted molar refractivity (Wildman–Crippen MR) is 53.1 cm³/mol. The average molecular weight is 187 g/mol. The van der Waals surface area contributed by atoms with Crippen LogP contribution in [0.3, 0.4) is 0 Å². The summed E-state index contributed by atoms with van der Waals surface area (Å²) >= 11 is 0. The van der Waals surface area contributed by atoms with Crippen LogP contribution in [0.2, 0.25) is 0 Å². The third-order valence-corrected chi connectivity index (χ3v) is 1.84. The molecule has 0 rings (SSSR count). The van der Waals surface area contributed by atoms with Gasteiger partial charge < -0.3 is 0 Å². The summed E-state index contributed by atoms with van der Waals surface area (Å²) in [7, 11) is 0. The maximum atomic E-state index is 11.0. The van der Waals surface area contributed by atoms with E-state index in [1.165, 1.54) is 19.3 Å². The minimum Gasteiger partial charge on any atom is -0.274 e. The lowest BCUT2D eigenvalue weighted by molar-refractivity contribution is -0.133. The van der Waals surface area contributed by atoms with Gasteiger partial charge in [-0.05, 0) is 13.3 Å². The summed E-state index contributed by atoms with van der Waals surface area (Å²) in [5.41, 5.74) is 2.38. The molecule has 3 heteroatoms. The number of unbranched alkanes of at least 4 members (excludes halogenated alkanes) is 4. The van der Waals surface area contributed by atoms with Crippen LogP contribution in [0.5, 0.6) is 0 Å². The Bertz CT molecular complexity index is 126. The highest BCUT2D eigenvalue weighted by atomic mass is 16.6. The molecule has 0 aliphatic rings. The number of rotatable bonds is 8. The molecule has 0 heterocycles. The Balaban J connectivity index is 3.08. The number of hydrogen-bond acceptors (Lipinski definition) is 2. The van der Waals surface area contributed by atoms with Crippen LogP contribution in [0.25, 0.3) is 0 Å². The van der Waals surface area contributed by atoms with Crippen molar-refractivity contribution in [1.82, 2.24) is 5.48 Å². The molecule has 0 aromatic heterocycles. The van der Waals surface area contributed by atoms with E-state index >= 15 is 0 Å². The van der Waals surface area contributed by atoms with Gasteiger partial charge in [0.05, 0.1) is 6.61 Å². The Morgan fingerprint density at radius 1 is 1.15 bits per heavy atom. The van der Waals surface area contributed by atoms with Gasteiger partial charge >= 0.3 is 0 Å². The SMILES string of the molecule is CCCCCCCC(=O)NOCC. The molecular formula is C10H21NO2. The van der Waals surface area contributed by atoms with Gasteiger partial charge in [-0.15, -0.1) is 0 Å². The van der Waals surface area contributed by atoms with Gasteiger partial charge in [-0.3, -0.25) is 9.63 Å². The maximum absolute atomic E-state index is 11.0. The summed E-state index contributed by atoms with van der Waals surface area (Å²) in [6.07, 6.45) is 6.45. The van der Waals surface area contributed by atoms with E-state index in [9.17, 15) is 4.79 Å². The van der Waals surface area contributed by atoms with Crippen molar-refractivity contribution in [3.8, 4) is 0 Å². The van der Waals surface area contributed by atoms with Crippen LogP contribution in [0.4, 0.5) is 0 Å². The lowest BCUT2D eigenvalue weighted by Crippen LogP contribution is -2.23. The molecule has 0 atom stereocenters. The smallest absolute Gasteiger partial charge is 0.243 e. The van der Waals surface area contributed by atoms with E-state index < -0.39 is 0 Å². The van der Waals surface area contributed by atoms with Crippen LogP contribution < -0.4 is 5.48 Å². The van der Waals surface area contributed by atoms with Gasteiger partial charge in [-0.2, -0.15) is 0 Å². The van der Waals surface area contributed by atoms with Crippen molar-refractivity contribution >= 4 is 5.91 Å². The zero-order valence-electron chi connectivity index (χ0n) is 8.77. The molecule has 78 valence electrons. The lowest BCUT2D eigenvalue weighted by Gasteiger charge is -2.02. The zero-order valence-corrected chi connectivity index (χ0v) is 8.77. The van der Waals surface area contributed by atoms with Gasteiger partial charge in [0.1, 0.15) is 0 Å². The molecule has 1 N–H and O–H groups in total. The Kier molecular flexibility index (Phi) is 9.10. The summed E-state index contributed by atoms with van der Waals surface area (Å²) in [5.74, 6) is -0.00153. The van der Waals surface area contributed by atoms with Crippen molar-refractivity contribution in [3.63, 3.8) is 0 Å². The highest BCUT2D eigenvalue weighted by Crippen LogP contribution is 2.04. The fourth-order valence-electron chi connectivity index (χ4n) is 1.09. The van der Waals surface area contributed by atoms with Crippen molar-refractivity contribution in [1.29, 1.82) is 0 Å². The average Bonchev–Trinajstić information content (AvgIpc) is 2.14. The van der Waals surface area contributed by atoms with Crippen LogP contribution >= 0.6 is 0 Å². The van der Waals surface area contributed by atoms with E-state index in [-0.39, 0.29) is 5.91 Å². The first-order valence-electron chi connectivity index (χ1n) is 5.21. The minimum atomic E-state index is -0.00153. The molecule has 0 aliphatic heterocycles. The molecule has 3 nitrogen and oxygen atoms in total. The minimum absolute atomic E-state index is 0.00153. The summed E-state index contributed by atoms with van der Waals surface area (Å²) in [6.45, 7) is 4.56. The lowest BCUT2D eigenvalue weighted by atomic mass is 10.1. The van der Waals surface area contributed by atoms with Crippen LogP contribution in [0.1, 0.15) is 52.4 Å². The maximum Gasteiger partial charge on any atom is 0.243 e. The summed E-state index contributed by atoms with van der Waals surface area (Å²) in [6, 6.07) is 0. The van der Waals surface area contributed by atoms with E-state index in [1.807, 2.05) is 6.92 Å². The molecule has 0 spiro atoms. The molecule has 0 aliphatic carbocycles. The molecule has 0 saturated heterocycles. The van der Waals surface area contributed by atoms with E-state index in [2.05, 4.69) is 12.4 Å². The summed E-state index contributed by atoms with van der Waals surface area (Å²) < 4.78 is 0.